The van der Waals surface area contributed by atoms with Gasteiger partial charge in [-0.25, -0.2) is 0 Å². The largest absolute Gasteiger partial charge is 0.401 e. The number of halogens is 3. The fraction of sp³-hybridized carbons (Fsp3) is 1.00. The number of rotatable bonds is 8. The van der Waals surface area contributed by atoms with E-state index in [1.54, 1.807) is 0 Å². The van der Waals surface area contributed by atoms with E-state index < -0.39 is 12.7 Å². The molecule has 0 saturated carbocycles. The van der Waals surface area contributed by atoms with Gasteiger partial charge < -0.3 is 5.32 Å². The molecule has 0 rings (SSSR count). The van der Waals surface area contributed by atoms with Crippen molar-refractivity contribution in [2.45, 2.75) is 32.9 Å². The second-order valence-electron chi connectivity index (χ2n) is 4.45. The molecule has 0 aromatic carbocycles. The lowest BCUT2D eigenvalue weighted by atomic mass is 10.1. The van der Waals surface area contributed by atoms with E-state index in [2.05, 4.69) is 19.2 Å². The third-order valence-corrected chi connectivity index (χ3v) is 2.39. The second kappa shape index (κ2) is 7.90. The molecule has 0 heterocycles. The molecule has 0 aliphatic rings. The molecule has 1 N–H and O–H groups in total. The van der Waals surface area contributed by atoms with Crippen LogP contribution in [0.25, 0.3) is 0 Å². The molecule has 0 aromatic heterocycles. The SMILES string of the molecule is CCCC(C)CNCCN(C)CC(F)(F)F. The molecule has 0 amide bonds. The Morgan fingerprint density at radius 3 is 2.44 bits per heavy atom. The summed E-state index contributed by atoms with van der Waals surface area (Å²) >= 11 is 0. The smallest absolute Gasteiger partial charge is 0.315 e. The van der Waals surface area contributed by atoms with Crippen molar-refractivity contribution < 1.29 is 13.2 Å². The van der Waals surface area contributed by atoms with E-state index in [-0.39, 0.29) is 0 Å². The highest BCUT2D eigenvalue weighted by molar-refractivity contribution is 4.62. The minimum absolute atomic E-state index is 0.429. The van der Waals surface area contributed by atoms with Crippen molar-refractivity contribution in [3.63, 3.8) is 0 Å². The average Bonchev–Trinajstić information content (AvgIpc) is 2.10. The van der Waals surface area contributed by atoms with Gasteiger partial charge in [0.05, 0.1) is 6.54 Å². The molecular formula is C11H23F3N2. The highest BCUT2D eigenvalue weighted by atomic mass is 19.4. The third-order valence-electron chi connectivity index (χ3n) is 2.39. The van der Waals surface area contributed by atoms with Crippen molar-refractivity contribution in [3.8, 4) is 0 Å². The van der Waals surface area contributed by atoms with Gasteiger partial charge in [-0.2, -0.15) is 13.2 Å². The highest BCUT2D eigenvalue weighted by Crippen LogP contribution is 2.14. The number of nitrogens with zero attached hydrogens (tertiary/aromatic N) is 1. The molecule has 2 nitrogen and oxygen atoms in total. The van der Waals surface area contributed by atoms with Crippen molar-refractivity contribution in [2.24, 2.45) is 5.92 Å². The van der Waals surface area contributed by atoms with Crippen molar-refractivity contribution in [1.82, 2.24) is 10.2 Å². The van der Waals surface area contributed by atoms with Crippen LogP contribution in [0.2, 0.25) is 0 Å². The molecule has 0 saturated heterocycles. The summed E-state index contributed by atoms with van der Waals surface area (Å²) in [6.45, 7) is 5.37. The van der Waals surface area contributed by atoms with E-state index in [4.69, 9.17) is 0 Å². The zero-order chi connectivity index (χ0) is 12.6. The number of hydrogen-bond acceptors (Lipinski definition) is 2. The van der Waals surface area contributed by atoms with Gasteiger partial charge in [0.2, 0.25) is 0 Å². The van der Waals surface area contributed by atoms with Crippen LogP contribution in [0.15, 0.2) is 0 Å². The van der Waals surface area contributed by atoms with E-state index in [9.17, 15) is 13.2 Å². The Kier molecular flexibility index (Phi) is 7.76. The molecule has 98 valence electrons. The summed E-state index contributed by atoms with van der Waals surface area (Å²) in [6, 6.07) is 0. The van der Waals surface area contributed by atoms with Gasteiger partial charge in [0.25, 0.3) is 0 Å². The summed E-state index contributed by atoms with van der Waals surface area (Å²) in [7, 11) is 1.49. The molecule has 1 unspecified atom stereocenters. The van der Waals surface area contributed by atoms with Crippen molar-refractivity contribution >= 4 is 0 Å². The fourth-order valence-electron chi connectivity index (χ4n) is 1.60. The molecule has 0 spiro atoms. The summed E-state index contributed by atoms with van der Waals surface area (Å²) in [4.78, 5) is 1.29. The van der Waals surface area contributed by atoms with Crippen molar-refractivity contribution in [3.05, 3.63) is 0 Å². The summed E-state index contributed by atoms with van der Waals surface area (Å²) in [5, 5.41) is 3.18. The standard InChI is InChI=1S/C11H23F3N2/c1-4-5-10(2)8-15-6-7-16(3)9-11(12,13)14/h10,15H,4-9H2,1-3H3. The number of likely N-dealkylation sites (N-methyl/N-ethyl adjacent to an activating group) is 1. The lowest BCUT2D eigenvalue weighted by Crippen LogP contribution is -2.36. The van der Waals surface area contributed by atoms with Gasteiger partial charge in [-0.3, -0.25) is 4.90 Å². The molecule has 0 radical (unpaired) electrons. The van der Waals surface area contributed by atoms with Crippen LogP contribution in [0.5, 0.6) is 0 Å². The molecule has 0 aliphatic carbocycles. The normalized spacial score (nSPS) is 14.4. The van der Waals surface area contributed by atoms with Gasteiger partial charge >= 0.3 is 6.18 Å². The van der Waals surface area contributed by atoms with Crippen molar-refractivity contribution in [1.29, 1.82) is 0 Å². The number of nitrogens with one attached hydrogen (secondary N) is 1. The van der Waals surface area contributed by atoms with Crippen LogP contribution in [0.3, 0.4) is 0 Å². The molecule has 1 atom stereocenters. The van der Waals surface area contributed by atoms with Gasteiger partial charge in [-0.05, 0) is 25.9 Å². The molecule has 0 aromatic rings. The zero-order valence-corrected chi connectivity index (χ0v) is 10.4. The molecule has 16 heavy (non-hydrogen) atoms. The highest BCUT2D eigenvalue weighted by Gasteiger charge is 2.28. The molecule has 0 aliphatic heterocycles. The van der Waals surface area contributed by atoms with Crippen LogP contribution >= 0.6 is 0 Å². The van der Waals surface area contributed by atoms with Crippen LogP contribution in [0.4, 0.5) is 13.2 Å². The topological polar surface area (TPSA) is 15.3 Å². The lowest BCUT2D eigenvalue weighted by Gasteiger charge is -2.19. The second-order valence-corrected chi connectivity index (χ2v) is 4.45. The van der Waals surface area contributed by atoms with Crippen LogP contribution in [0, 0.1) is 5.92 Å². The maximum absolute atomic E-state index is 12.0. The summed E-state index contributed by atoms with van der Waals surface area (Å²) in [5.41, 5.74) is 0. The maximum Gasteiger partial charge on any atom is 0.401 e. The Balaban J connectivity index is 3.44. The van der Waals surface area contributed by atoms with Gasteiger partial charge in [-0.15, -0.1) is 0 Å². The minimum atomic E-state index is -4.09. The maximum atomic E-state index is 12.0. The van der Waals surface area contributed by atoms with Gasteiger partial charge in [0, 0.05) is 13.1 Å². The Morgan fingerprint density at radius 2 is 1.94 bits per heavy atom. The Labute approximate surface area is 96.2 Å². The Morgan fingerprint density at radius 1 is 1.31 bits per heavy atom. The molecule has 0 bridgehead atoms. The molecule has 5 heteroatoms. The third kappa shape index (κ3) is 10.2. The molecule has 0 fully saturated rings. The van der Waals surface area contributed by atoms with Crippen LogP contribution in [-0.2, 0) is 0 Å². The first-order valence-corrected chi connectivity index (χ1v) is 5.81. The summed E-state index contributed by atoms with van der Waals surface area (Å²) < 4.78 is 35.9. The molecular weight excluding hydrogens is 217 g/mol. The van der Waals surface area contributed by atoms with E-state index in [0.717, 1.165) is 19.4 Å². The van der Waals surface area contributed by atoms with Crippen molar-refractivity contribution in [2.75, 3.05) is 33.2 Å². The predicted octanol–water partition coefficient (Wildman–Crippen LogP) is 2.51. The number of hydrogen-bond donors (Lipinski definition) is 1. The zero-order valence-electron chi connectivity index (χ0n) is 10.4. The van der Waals surface area contributed by atoms with Gasteiger partial charge in [0.1, 0.15) is 0 Å². The lowest BCUT2D eigenvalue weighted by molar-refractivity contribution is -0.142. The Bertz CT molecular complexity index is 171. The summed E-state index contributed by atoms with van der Waals surface area (Å²) in [6.07, 6.45) is -1.79. The van der Waals surface area contributed by atoms with E-state index >= 15 is 0 Å². The van der Waals surface area contributed by atoms with Gasteiger partial charge in [-0.1, -0.05) is 20.3 Å². The monoisotopic (exact) mass is 240 g/mol. The summed E-state index contributed by atoms with van der Waals surface area (Å²) in [5.74, 6) is 0.595. The Hall–Kier alpha value is -0.290. The van der Waals surface area contributed by atoms with E-state index in [1.807, 2.05) is 0 Å². The quantitative estimate of drug-likeness (QED) is 0.656. The first-order valence-electron chi connectivity index (χ1n) is 5.81. The minimum Gasteiger partial charge on any atom is -0.315 e. The first kappa shape index (κ1) is 15.7. The predicted molar refractivity (Wildman–Crippen MR) is 60.5 cm³/mol. The van der Waals surface area contributed by atoms with Crippen LogP contribution in [-0.4, -0.2) is 44.3 Å². The van der Waals surface area contributed by atoms with Gasteiger partial charge in [0.15, 0.2) is 0 Å². The van der Waals surface area contributed by atoms with Crippen LogP contribution < -0.4 is 5.32 Å². The average molecular weight is 240 g/mol. The fourth-order valence-corrected chi connectivity index (χ4v) is 1.60. The first-order chi connectivity index (χ1) is 7.35. The van der Waals surface area contributed by atoms with Crippen LogP contribution in [0.1, 0.15) is 26.7 Å². The number of alkyl halides is 3. The van der Waals surface area contributed by atoms with E-state index in [1.165, 1.54) is 11.9 Å². The van der Waals surface area contributed by atoms with E-state index in [0.29, 0.717) is 19.0 Å².